The number of hydrogen-bond donors (Lipinski definition) is 1. The Bertz CT molecular complexity index is 443. The molecule has 2 heteroatoms. The molecular weight excluding hydrogens is 190 g/mol. The Morgan fingerprint density at radius 3 is 2.86 bits per heavy atom. The summed E-state index contributed by atoms with van der Waals surface area (Å²) in [7, 11) is 0. The van der Waals surface area contributed by atoms with Crippen molar-refractivity contribution in [2.24, 2.45) is 5.73 Å². The van der Waals surface area contributed by atoms with Gasteiger partial charge in [0.15, 0.2) is 0 Å². The van der Waals surface area contributed by atoms with Gasteiger partial charge in [-0.05, 0) is 43.4 Å². The van der Waals surface area contributed by atoms with E-state index >= 15 is 0 Å². The molecule has 0 fully saturated rings. The number of rotatable bonds is 2. The number of aryl methyl sites for hydroxylation is 1. The second-order valence-corrected chi connectivity index (χ2v) is 5.05. The summed E-state index contributed by atoms with van der Waals surface area (Å²) in [5.74, 6) is 0. The van der Waals surface area contributed by atoms with Crippen LogP contribution < -0.4 is 5.73 Å². The van der Waals surface area contributed by atoms with Gasteiger partial charge in [-0.3, -0.25) is 0 Å². The third kappa shape index (κ3) is 1.81. The molecule has 74 valence electrons. The van der Waals surface area contributed by atoms with Gasteiger partial charge in [0.25, 0.3) is 0 Å². The Hall–Kier alpha value is -0.860. The van der Waals surface area contributed by atoms with Crippen molar-refractivity contribution in [2.75, 3.05) is 0 Å². The summed E-state index contributed by atoms with van der Waals surface area (Å²) in [6.45, 7) is 4.21. The van der Waals surface area contributed by atoms with E-state index in [4.69, 9.17) is 5.73 Å². The number of benzene rings is 1. The van der Waals surface area contributed by atoms with Crippen LogP contribution in [0.1, 0.15) is 17.4 Å². The lowest BCUT2D eigenvalue weighted by molar-refractivity contribution is 0.747. The van der Waals surface area contributed by atoms with E-state index in [0.29, 0.717) is 0 Å². The highest BCUT2D eigenvalue weighted by Crippen LogP contribution is 2.28. The molecule has 0 saturated heterocycles. The monoisotopic (exact) mass is 205 g/mol. The molecule has 1 atom stereocenters. The predicted molar refractivity (Wildman–Crippen MR) is 63.9 cm³/mol. The standard InChI is InChI=1S/C12H15NS/c1-8-4-3-5-12-11(8)7-10(14-12)6-9(2)13/h3-5,7,9H,6,13H2,1-2H3. The van der Waals surface area contributed by atoms with E-state index in [0.717, 1.165) is 6.42 Å². The smallest absolute Gasteiger partial charge is 0.0348 e. The average Bonchev–Trinajstić information content (AvgIpc) is 2.47. The van der Waals surface area contributed by atoms with Crippen LogP contribution in [0.25, 0.3) is 10.1 Å². The molecule has 14 heavy (non-hydrogen) atoms. The van der Waals surface area contributed by atoms with Gasteiger partial charge in [-0.15, -0.1) is 11.3 Å². The summed E-state index contributed by atoms with van der Waals surface area (Å²) in [6, 6.07) is 8.98. The third-order valence-electron chi connectivity index (χ3n) is 2.35. The second-order valence-electron chi connectivity index (χ2n) is 3.88. The maximum absolute atomic E-state index is 5.79. The van der Waals surface area contributed by atoms with Crippen molar-refractivity contribution < 1.29 is 0 Å². The van der Waals surface area contributed by atoms with Gasteiger partial charge in [0, 0.05) is 15.6 Å². The summed E-state index contributed by atoms with van der Waals surface area (Å²) >= 11 is 1.86. The molecular formula is C12H15NS. The number of hydrogen-bond acceptors (Lipinski definition) is 2. The molecule has 2 rings (SSSR count). The summed E-state index contributed by atoms with van der Waals surface area (Å²) in [5.41, 5.74) is 7.15. The zero-order valence-electron chi connectivity index (χ0n) is 8.58. The van der Waals surface area contributed by atoms with Gasteiger partial charge in [0.1, 0.15) is 0 Å². The zero-order valence-corrected chi connectivity index (χ0v) is 9.40. The lowest BCUT2D eigenvalue weighted by atomic mass is 10.1. The molecule has 0 spiro atoms. The fourth-order valence-corrected chi connectivity index (χ4v) is 2.96. The SMILES string of the molecule is Cc1cccc2sc(CC(C)N)cc12. The minimum Gasteiger partial charge on any atom is -0.328 e. The molecule has 1 aromatic carbocycles. The van der Waals surface area contributed by atoms with Crippen LogP contribution in [0.4, 0.5) is 0 Å². The Morgan fingerprint density at radius 2 is 2.21 bits per heavy atom. The Labute approximate surface area is 88.6 Å². The zero-order chi connectivity index (χ0) is 10.1. The summed E-state index contributed by atoms with van der Waals surface area (Å²) in [5, 5.41) is 1.38. The van der Waals surface area contributed by atoms with Gasteiger partial charge in [-0.1, -0.05) is 12.1 Å². The van der Waals surface area contributed by atoms with Gasteiger partial charge in [0.05, 0.1) is 0 Å². The molecule has 2 N–H and O–H groups in total. The minimum atomic E-state index is 0.253. The van der Waals surface area contributed by atoms with Crippen molar-refractivity contribution >= 4 is 21.4 Å². The van der Waals surface area contributed by atoms with E-state index < -0.39 is 0 Å². The van der Waals surface area contributed by atoms with E-state index in [-0.39, 0.29) is 6.04 Å². The van der Waals surface area contributed by atoms with Gasteiger partial charge < -0.3 is 5.73 Å². The maximum atomic E-state index is 5.79. The van der Waals surface area contributed by atoms with Crippen LogP contribution in [0.2, 0.25) is 0 Å². The highest BCUT2D eigenvalue weighted by Gasteiger charge is 2.05. The van der Waals surface area contributed by atoms with Crippen LogP contribution in [0.5, 0.6) is 0 Å². The highest BCUT2D eigenvalue weighted by atomic mass is 32.1. The summed E-state index contributed by atoms with van der Waals surface area (Å²) < 4.78 is 1.38. The minimum absolute atomic E-state index is 0.253. The van der Waals surface area contributed by atoms with Crippen molar-refractivity contribution in [3.63, 3.8) is 0 Å². The molecule has 2 aromatic rings. The molecule has 0 amide bonds. The lowest BCUT2D eigenvalue weighted by Gasteiger charge is -1.99. The molecule has 1 unspecified atom stereocenters. The van der Waals surface area contributed by atoms with Crippen LogP contribution in [-0.4, -0.2) is 6.04 Å². The normalized spacial score (nSPS) is 13.4. The number of fused-ring (bicyclic) bond motifs is 1. The fourth-order valence-electron chi connectivity index (χ4n) is 1.68. The van der Waals surface area contributed by atoms with Gasteiger partial charge in [-0.25, -0.2) is 0 Å². The van der Waals surface area contributed by atoms with Crippen LogP contribution >= 0.6 is 11.3 Å². The van der Waals surface area contributed by atoms with E-state index in [1.807, 2.05) is 11.3 Å². The van der Waals surface area contributed by atoms with Crippen LogP contribution in [0.15, 0.2) is 24.3 Å². The molecule has 0 aliphatic rings. The van der Waals surface area contributed by atoms with Crippen molar-refractivity contribution in [2.45, 2.75) is 26.3 Å². The van der Waals surface area contributed by atoms with E-state index in [1.54, 1.807) is 0 Å². The van der Waals surface area contributed by atoms with E-state index in [1.165, 1.54) is 20.5 Å². The predicted octanol–water partition coefficient (Wildman–Crippen LogP) is 3.10. The van der Waals surface area contributed by atoms with Gasteiger partial charge >= 0.3 is 0 Å². The van der Waals surface area contributed by atoms with E-state index in [2.05, 4.69) is 38.1 Å². The molecule has 0 saturated carbocycles. The molecule has 0 bridgehead atoms. The average molecular weight is 205 g/mol. The third-order valence-corrected chi connectivity index (χ3v) is 3.48. The Morgan fingerprint density at radius 1 is 1.43 bits per heavy atom. The fraction of sp³-hybridized carbons (Fsp3) is 0.333. The van der Waals surface area contributed by atoms with E-state index in [9.17, 15) is 0 Å². The largest absolute Gasteiger partial charge is 0.328 e. The van der Waals surface area contributed by atoms with Crippen LogP contribution in [0.3, 0.4) is 0 Å². The lowest BCUT2D eigenvalue weighted by Crippen LogP contribution is -2.16. The molecule has 1 nitrogen and oxygen atoms in total. The van der Waals surface area contributed by atoms with Crippen LogP contribution in [-0.2, 0) is 6.42 Å². The molecule has 1 aromatic heterocycles. The van der Waals surface area contributed by atoms with Gasteiger partial charge in [-0.2, -0.15) is 0 Å². The Balaban J connectivity index is 2.46. The first-order valence-corrected chi connectivity index (χ1v) is 5.72. The summed E-state index contributed by atoms with van der Waals surface area (Å²) in [4.78, 5) is 1.39. The molecule has 1 heterocycles. The topological polar surface area (TPSA) is 26.0 Å². The first kappa shape index (κ1) is 9.69. The highest BCUT2D eigenvalue weighted by molar-refractivity contribution is 7.19. The number of nitrogens with two attached hydrogens (primary N) is 1. The molecule has 0 radical (unpaired) electrons. The van der Waals surface area contributed by atoms with Gasteiger partial charge in [0.2, 0.25) is 0 Å². The van der Waals surface area contributed by atoms with Crippen LogP contribution in [0, 0.1) is 6.92 Å². The second kappa shape index (κ2) is 3.71. The first-order chi connectivity index (χ1) is 6.66. The molecule has 0 aliphatic heterocycles. The van der Waals surface area contributed by atoms with Crippen molar-refractivity contribution in [3.8, 4) is 0 Å². The molecule has 0 aliphatic carbocycles. The van der Waals surface area contributed by atoms with Crippen molar-refractivity contribution in [1.29, 1.82) is 0 Å². The maximum Gasteiger partial charge on any atom is 0.0348 e. The van der Waals surface area contributed by atoms with Crippen molar-refractivity contribution in [1.82, 2.24) is 0 Å². The van der Waals surface area contributed by atoms with Crippen molar-refractivity contribution in [3.05, 3.63) is 34.7 Å². The summed E-state index contributed by atoms with van der Waals surface area (Å²) in [6.07, 6.45) is 0.985. The number of thiophene rings is 1. The quantitative estimate of drug-likeness (QED) is 0.801. The Kier molecular flexibility index (Phi) is 2.57. The first-order valence-electron chi connectivity index (χ1n) is 4.90.